The molecular weight excluding hydrogens is 245 g/mol. The standard InChI is InChI=1S/C12H11ClFNO2/c13-10-6-8(3-4-11(10)14)12(17)15-5-1-2-9(16)7-15/h3-4,6H,1-2,5,7H2. The van der Waals surface area contributed by atoms with E-state index in [9.17, 15) is 14.0 Å². The number of halogens is 2. The molecule has 0 atom stereocenters. The van der Waals surface area contributed by atoms with Crippen LogP contribution in [0.15, 0.2) is 18.2 Å². The van der Waals surface area contributed by atoms with Crippen LogP contribution in [-0.2, 0) is 4.79 Å². The summed E-state index contributed by atoms with van der Waals surface area (Å²) in [4.78, 5) is 24.7. The van der Waals surface area contributed by atoms with Gasteiger partial charge >= 0.3 is 0 Å². The van der Waals surface area contributed by atoms with Crippen molar-refractivity contribution in [3.05, 3.63) is 34.6 Å². The lowest BCUT2D eigenvalue weighted by Gasteiger charge is -2.25. The van der Waals surface area contributed by atoms with Crippen molar-refractivity contribution in [1.29, 1.82) is 0 Å². The molecule has 0 N–H and O–H groups in total. The number of hydrogen-bond donors (Lipinski definition) is 0. The van der Waals surface area contributed by atoms with Crippen molar-refractivity contribution in [2.75, 3.05) is 13.1 Å². The van der Waals surface area contributed by atoms with Gasteiger partial charge in [-0.15, -0.1) is 0 Å². The van der Waals surface area contributed by atoms with Crippen molar-refractivity contribution < 1.29 is 14.0 Å². The van der Waals surface area contributed by atoms with Crippen molar-refractivity contribution >= 4 is 23.3 Å². The molecule has 1 aromatic carbocycles. The van der Waals surface area contributed by atoms with Gasteiger partial charge in [-0.3, -0.25) is 9.59 Å². The van der Waals surface area contributed by atoms with Gasteiger partial charge in [-0.2, -0.15) is 0 Å². The largest absolute Gasteiger partial charge is 0.331 e. The maximum absolute atomic E-state index is 13.0. The molecule has 1 fully saturated rings. The molecule has 3 nitrogen and oxygen atoms in total. The Hall–Kier alpha value is -1.42. The topological polar surface area (TPSA) is 37.4 Å². The van der Waals surface area contributed by atoms with Gasteiger partial charge in [0.25, 0.3) is 5.91 Å². The molecule has 1 heterocycles. The number of Topliss-reactive ketones (excluding diaryl/α,β-unsaturated/α-hetero) is 1. The molecule has 0 spiro atoms. The van der Waals surface area contributed by atoms with Gasteiger partial charge in [-0.25, -0.2) is 4.39 Å². The normalized spacial score (nSPS) is 16.1. The van der Waals surface area contributed by atoms with Gasteiger partial charge in [-0.1, -0.05) is 11.6 Å². The lowest BCUT2D eigenvalue weighted by molar-refractivity contribution is -0.121. The van der Waals surface area contributed by atoms with E-state index < -0.39 is 5.82 Å². The van der Waals surface area contributed by atoms with Crippen molar-refractivity contribution in [2.24, 2.45) is 0 Å². The van der Waals surface area contributed by atoms with Crippen molar-refractivity contribution in [1.82, 2.24) is 4.90 Å². The van der Waals surface area contributed by atoms with Crippen LogP contribution in [0.25, 0.3) is 0 Å². The molecule has 1 aromatic rings. The van der Waals surface area contributed by atoms with Gasteiger partial charge in [0.15, 0.2) is 5.78 Å². The first-order valence-electron chi connectivity index (χ1n) is 5.34. The zero-order valence-corrected chi connectivity index (χ0v) is 9.84. The molecule has 2 rings (SSSR count). The number of piperidine rings is 1. The van der Waals surface area contributed by atoms with E-state index in [4.69, 9.17) is 11.6 Å². The third-order valence-corrected chi connectivity index (χ3v) is 2.99. The van der Waals surface area contributed by atoms with Crippen LogP contribution in [0.2, 0.25) is 5.02 Å². The first kappa shape index (κ1) is 12.0. The average Bonchev–Trinajstić information content (AvgIpc) is 2.32. The summed E-state index contributed by atoms with van der Waals surface area (Å²) in [7, 11) is 0. The summed E-state index contributed by atoms with van der Waals surface area (Å²) in [6.45, 7) is 0.688. The summed E-state index contributed by atoms with van der Waals surface area (Å²) in [5.74, 6) is -0.782. The van der Waals surface area contributed by atoms with Crippen molar-refractivity contribution in [3.63, 3.8) is 0 Å². The van der Waals surface area contributed by atoms with Crippen LogP contribution in [0.3, 0.4) is 0 Å². The molecule has 0 aliphatic carbocycles. The second kappa shape index (κ2) is 4.84. The predicted octanol–water partition coefficient (Wildman–Crippen LogP) is 2.28. The Kier molecular flexibility index (Phi) is 3.43. The van der Waals surface area contributed by atoms with E-state index in [2.05, 4.69) is 0 Å². The quantitative estimate of drug-likeness (QED) is 0.772. The highest BCUT2D eigenvalue weighted by Gasteiger charge is 2.22. The highest BCUT2D eigenvalue weighted by atomic mass is 35.5. The van der Waals surface area contributed by atoms with E-state index in [-0.39, 0.29) is 23.3 Å². The van der Waals surface area contributed by atoms with Crippen LogP contribution in [-0.4, -0.2) is 29.7 Å². The molecule has 0 bridgehead atoms. The van der Waals surface area contributed by atoms with Gasteiger partial charge in [0.05, 0.1) is 11.6 Å². The second-order valence-corrected chi connectivity index (χ2v) is 4.41. The first-order chi connectivity index (χ1) is 8.08. The summed E-state index contributed by atoms with van der Waals surface area (Å²) in [6.07, 6.45) is 1.20. The summed E-state index contributed by atoms with van der Waals surface area (Å²) >= 11 is 5.61. The van der Waals surface area contributed by atoms with Crippen LogP contribution in [0.1, 0.15) is 23.2 Å². The molecule has 0 saturated carbocycles. The predicted molar refractivity (Wildman–Crippen MR) is 61.6 cm³/mol. The first-order valence-corrected chi connectivity index (χ1v) is 5.72. The Morgan fingerprint density at radius 1 is 1.41 bits per heavy atom. The van der Waals surface area contributed by atoms with Gasteiger partial charge in [-0.05, 0) is 24.6 Å². The van der Waals surface area contributed by atoms with E-state index in [1.165, 1.54) is 17.0 Å². The Balaban J connectivity index is 2.18. The average molecular weight is 256 g/mol. The molecule has 0 aromatic heterocycles. The SMILES string of the molecule is O=C1CCCN(C(=O)c2ccc(F)c(Cl)c2)C1. The molecule has 1 aliphatic heterocycles. The van der Waals surface area contributed by atoms with Crippen LogP contribution < -0.4 is 0 Å². The Labute approximate surface area is 103 Å². The molecule has 5 heteroatoms. The molecule has 0 unspecified atom stereocenters. The highest BCUT2D eigenvalue weighted by Crippen LogP contribution is 2.18. The Morgan fingerprint density at radius 2 is 2.18 bits per heavy atom. The molecule has 1 amide bonds. The van der Waals surface area contributed by atoms with E-state index in [1.807, 2.05) is 0 Å². The van der Waals surface area contributed by atoms with Crippen LogP contribution in [0.5, 0.6) is 0 Å². The number of hydrogen-bond acceptors (Lipinski definition) is 2. The number of benzene rings is 1. The molecule has 1 saturated heterocycles. The van der Waals surface area contributed by atoms with E-state index in [1.54, 1.807) is 0 Å². The van der Waals surface area contributed by atoms with Gasteiger partial charge in [0.1, 0.15) is 5.82 Å². The maximum Gasteiger partial charge on any atom is 0.254 e. The maximum atomic E-state index is 13.0. The molecule has 1 aliphatic rings. The number of carbonyl (C=O) groups excluding carboxylic acids is 2. The summed E-state index contributed by atoms with van der Waals surface area (Å²) < 4.78 is 13.0. The number of amides is 1. The monoisotopic (exact) mass is 255 g/mol. The smallest absolute Gasteiger partial charge is 0.254 e. The molecule has 90 valence electrons. The summed E-state index contributed by atoms with van der Waals surface area (Å²) in [5.41, 5.74) is 0.311. The lowest BCUT2D eigenvalue weighted by Crippen LogP contribution is -2.40. The molecule has 0 radical (unpaired) electrons. The summed E-state index contributed by atoms with van der Waals surface area (Å²) in [6, 6.07) is 3.82. The summed E-state index contributed by atoms with van der Waals surface area (Å²) in [5, 5.41) is -0.0841. The third kappa shape index (κ3) is 2.64. The van der Waals surface area contributed by atoms with E-state index in [0.29, 0.717) is 24.9 Å². The van der Waals surface area contributed by atoms with Crippen molar-refractivity contribution in [2.45, 2.75) is 12.8 Å². The van der Waals surface area contributed by atoms with Gasteiger partial charge in [0, 0.05) is 18.5 Å². The molecular formula is C12H11ClFNO2. The van der Waals surface area contributed by atoms with Crippen LogP contribution >= 0.6 is 11.6 Å². The minimum atomic E-state index is -0.557. The van der Waals surface area contributed by atoms with Gasteiger partial charge < -0.3 is 4.90 Å². The zero-order valence-electron chi connectivity index (χ0n) is 9.08. The number of carbonyl (C=O) groups is 2. The van der Waals surface area contributed by atoms with E-state index >= 15 is 0 Å². The fourth-order valence-corrected chi connectivity index (χ4v) is 2.00. The Bertz CT molecular complexity index is 476. The number of likely N-dealkylation sites (tertiary alicyclic amines) is 1. The Morgan fingerprint density at radius 3 is 2.82 bits per heavy atom. The lowest BCUT2D eigenvalue weighted by atomic mass is 10.1. The second-order valence-electron chi connectivity index (χ2n) is 4.00. The van der Waals surface area contributed by atoms with Crippen molar-refractivity contribution in [3.8, 4) is 0 Å². The molecule has 17 heavy (non-hydrogen) atoms. The fraction of sp³-hybridized carbons (Fsp3) is 0.333. The van der Waals surface area contributed by atoms with Crippen LogP contribution in [0, 0.1) is 5.82 Å². The minimum Gasteiger partial charge on any atom is -0.331 e. The fourth-order valence-electron chi connectivity index (χ4n) is 1.82. The number of ketones is 1. The zero-order chi connectivity index (χ0) is 12.4. The number of rotatable bonds is 1. The van der Waals surface area contributed by atoms with Gasteiger partial charge in [0.2, 0.25) is 0 Å². The van der Waals surface area contributed by atoms with E-state index in [0.717, 1.165) is 6.07 Å². The third-order valence-electron chi connectivity index (χ3n) is 2.70. The highest BCUT2D eigenvalue weighted by molar-refractivity contribution is 6.31. The number of nitrogens with zero attached hydrogens (tertiary/aromatic N) is 1. The van der Waals surface area contributed by atoms with Crippen LogP contribution in [0.4, 0.5) is 4.39 Å². The minimum absolute atomic E-state index is 0.0535.